The van der Waals surface area contributed by atoms with Crippen LogP contribution in [0.1, 0.15) is 43.7 Å². The van der Waals surface area contributed by atoms with E-state index < -0.39 is 0 Å². The maximum atomic E-state index is 5.97. The molecule has 0 spiro atoms. The first-order valence-corrected chi connectivity index (χ1v) is 7.78. The maximum Gasteiger partial charge on any atom is 0.0948 e. The van der Waals surface area contributed by atoms with E-state index in [0.717, 1.165) is 23.5 Å². The number of aromatic nitrogens is 1. The molecule has 1 atom stereocenters. The van der Waals surface area contributed by atoms with Crippen LogP contribution in [0, 0.1) is 0 Å². The molecule has 0 aliphatic carbocycles. The van der Waals surface area contributed by atoms with E-state index in [2.05, 4.69) is 55.4 Å². The summed E-state index contributed by atoms with van der Waals surface area (Å²) in [6, 6.07) is 8.93. The molecule has 1 aromatic carbocycles. The van der Waals surface area contributed by atoms with Crippen molar-refractivity contribution in [2.24, 2.45) is 5.73 Å². The molecular formula is C16H22N2S. The summed E-state index contributed by atoms with van der Waals surface area (Å²) in [6.07, 6.45) is 1.88. The molecule has 0 fully saturated rings. The van der Waals surface area contributed by atoms with Crippen LogP contribution in [0.3, 0.4) is 0 Å². The number of nitrogens with zero attached hydrogens (tertiary/aromatic N) is 1. The topological polar surface area (TPSA) is 38.9 Å². The second-order valence-electron chi connectivity index (χ2n) is 5.28. The summed E-state index contributed by atoms with van der Waals surface area (Å²) in [4.78, 5) is 4.68. The Morgan fingerprint density at radius 1 is 1.21 bits per heavy atom. The van der Waals surface area contributed by atoms with Gasteiger partial charge in [0.25, 0.3) is 0 Å². The number of hydrogen-bond acceptors (Lipinski definition) is 3. The largest absolute Gasteiger partial charge is 0.327 e. The van der Waals surface area contributed by atoms with Crippen LogP contribution >= 0.6 is 11.3 Å². The molecule has 0 aliphatic heterocycles. The molecule has 2 rings (SSSR count). The van der Waals surface area contributed by atoms with Crippen molar-refractivity contribution in [1.29, 1.82) is 0 Å². The van der Waals surface area contributed by atoms with Crippen LogP contribution in [0.4, 0.5) is 0 Å². The van der Waals surface area contributed by atoms with Gasteiger partial charge in [0.1, 0.15) is 0 Å². The molecule has 0 saturated carbocycles. The number of nitrogens with two attached hydrogens (primary N) is 1. The van der Waals surface area contributed by atoms with Crippen LogP contribution in [0.5, 0.6) is 0 Å². The van der Waals surface area contributed by atoms with E-state index in [1.165, 1.54) is 11.1 Å². The lowest BCUT2D eigenvalue weighted by molar-refractivity contribution is 0.644. The highest BCUT2D eigenvalue weighted by Crippen LogP contribution is 2.24. The fraction of sp³-hybridized carbons (Fsp3) is 0.438. The van der Waals surface area contributed by atoms with Crippen molar-refractivity contribution >= 4 is 11.3 Å². The molecule has 0 amide bonds. The number of hydrogen-bond donors (Lipinski definition) is 1. The van der Waals surface area contributed by atoms with Gasteiger partial charge in [0.2, 0.25) is 0 Å². The number of thiazole rings is 1. The third-order valence-electron chi connectivity index (χ3n) is 3.39. The molecule has 1 unspecified atom stereocenters. The van der Waals surface area contributed by atoms with Gasteiger partial charge in [-0.3, -0.25) is 0 Å². The first-order valence-electron chi connectivity index (χ1n) is 6.90. The fourth-order valence-corrected chi connectivity index (χ4v) is 2.84. The molecular weight excluding hydrogens is 252 g/mol. The Labute approximate surface area is 119 Å². The molecule has 0 saturated heterocycles. The number of benzene rings is 1. The van der Waals surface area contributed by atoms with Gasteiger partial charge in [0.05, 0.1) is 10.7 Å². The Bertz CT molecular complexity index is 514. The Morgan fingerprint density at radius 2 is 1.89 bits per heavy atom. The zero-order chi connectivity index (χ0) is 13.8. The average molecular weight is 274 g/mol. The van der Waals surface area contributed by atoms with Crippen molar-refractivity contribution in [3.8, 4) is 11.3 Å². The van der Waals surface area contributed by atoms with Gasteiger partial charge in [-0.25, -0.2) is 4.98 Å². The average Bonchev–Trinajstić information content (AvgIpc) is 2.87. The normalized spacial score (nSPS) is 12.9. The Hall–Kier alpha value is -1.19. The quantitative estimate of drug-likeness (QED) is 0.887. The third kappa shape index (κ3) is 3.64. The summed E-state index contributed by atoms with van der Waals surface area (Å²) >= 11 is 1.71. The molecule has 2 nitrogen and oxygen atoms in total. The van der Waals surface area contributed by atoms with Crippen molar-refractivity contribution in [2.75, 3.05) is 0 Å². The van der Waals surface area contributed by atoms with Gasteiger partial charge in [-0.05, 0) is 17.9 Å². The SMILES string of the molecule is CCC(N)Cc1nc(-c2ccc(C(C)C)cc2)cs1. The highest BCUT2D eigenvalue weighted by atomic mass is 32.1. The van der Waals surface area contributed by atoms with Crippen LogP contribution in [-0.2, 0) is 6.42 Å². The molecule has 2 aromatic rings. The van der Waals surface area contributed by atoms with Gasteiger partial charge in [-0.1, -0.05) is 45.0 Å². The van der Waals surface area contributed by atoms with Gasteiger partial charge in [0.15, 0.2) is 0 Å². The Kier molecular flexibility index (Phi) is 4.72. The maximum absolute atomic E-state index is 5.97. The first kappa shape index (κ1) is 14.2. The molecule has 0 bridgehead atoms. The minimum atomic E-state index is 0.224. The van der Waals surface area contributed by atoms with Gasteiger partial charge < -0.3 is 5.73 Å². The first-order chi connectivity index (χ1) is 9.10. The summed E-state index contributed by atoms with van der Waals surface area (Å²) in [6.45, 7) is 6.54. The molecule has 0 aliphatic rings. The third-order valence-corrected chi connectivity index (χ3v) is 4.26. The van der Waals surface area contributed by atoms with Gasteiger partial charge in [-0.15, -0.1) is 11.3 Å². The summed E-state index contributed by atoms with van der Waals surface area (Å²) < 4.78 is 0. The van der Waals surface area contributed by atoms with Crippen molar-refractivity contribution < 1.29 is 0 Å². The van der Waals surface area contributed by atoms with E-state index in [1.807, 2.05) is 0 Å². The van der Waals surface area contributed by atoms with Crippen molar-refractivity contribution in [2.45, 2.75) is 45.6 Å². The molecule has 0 radical (unpaired) electrons. The minimum absolute atomic E-state index is 0.224. The Morgan fingerprint density at radius 3 is 2.47 bits per heavy atom. The lowest BCUT2D eigenvalue weighted by atomic mass is 10.0. The minimum Gasteiger partial charge on any atom is -0.327 e. The monoisotopic (exact) mass is 274 g/mol. The van der Waals surface area contributed by atoms with Crippen LogP contribution in [-0.4, -0.2) is 11.0 Å². The van der Waals surface area contributed by atoms with Crippen LogP contribution in [0.25, 0.3) is 11.3 Å². The van der Waals surface area contributed by atoms with Gasteiger partial charge >= 0.3 is 0 Å². The van der Waals surface area contributed by atoms with E-state index >= 15 is 0 Å². The van der Waals surface area contributed by atoms with Crippen molar-refractivity contribution in [1.82, 2.24) is 4.98 Å². The molecule has 102 valence electrons. The van der Waals surface area contributed by atoms with Crippen molar-refractivity contribution in [3.63, 3.8) is 0 Å². The molecule has 1 aromatic heterocycles. The standard InChI is InChI=1S/C16H22N2S/c1-4-14(17)9-16-18-15(10-19-16)13-7-5-12(6-8-13)11(2)3/h5-8,10-11,14H,4,9,17H2,1-3H3. The lowest BCUT2D eigenvalue weighted by Crippen LogP contribution is -2.21. The van der Waals surface area contributed by atoms with E-state index in [-0.39, 0.29) is 6.04 Å². The second-order valence-corrected chi connectivity index (χ2v) is 6.22. The summed E-state index contributed by atoms with van der Waals surface area (Å²) in [5.41, 5.74) is 9.60. The molecule has 3 heteroatoms. The summed E-state index contributed by atoms with van der Waals surface area (Å²) in [7, 11) is 0. The van der Waals surface area contributed by atoms with E-state index in [4.69, 9.17) is 5.73 Å². The Balaban J connectivity index is 2.13. The summed E-state index contributed by atoms with van der Waals surface area (Å²) in [5.74, 6) is 0.572. The smallest absolute Gasteiger partial charge is 0.0948 e. The van der Waals surface area contributed by atoms with Gasteiger partial charge in [-0.2, -0.15) is 0 Å². The molecule has 19 heavy (non-hydrogen) atoms. The van der Waals surface area contributed by atoms with E-state index in [9.17, 15) is 0 Å². The highest BCUT2D eigenvalue weighted by molar-refractivity contribution is 7.09. The predicted octanol–water partition coefficient (Wildman–Crippen LogP) is 4.21. The van der Waals surface area contributed by atoms with Crippen molar-refractivity contribution in [3.05, 3.63) is 40.2 Å². The van der Waals surface area contributed by atoms with E-state index in [1.54, 1.807) is 11.3 Å². The molecule has 1 heterocycles. The lowest BCUT2D eigenvalue weighted by Gasteiger charge is -2.06. The zero-order valence-corrected chi connectivity index (χ0v) is 12.7. The van der Waals surface area contributed by atoms with Crippen LogP contribution < -0.4 is 5.73 Å². The van der Waals surface area contributed by atoms with E-state index in [0.29, 0.717) is 5.92 Å². The number of rotatable bonds is 5. The van der Waals surface area contributed by atoms with Gasteiger partial charge in [0, 0.05) is 23.4 Å². The van der Waals surface area contributed by atoms with Crippen LogP contribution in [0.15, 0.2) is 29.6 Å². The summed E-state index contributed by atoms with van der Waals surface area (Å²) in [5, 5.41) is 3.26. The molecule has 2 N–H and O–H groups in total. The van der Waals surface area contributed by atoms with Crippen LogP contribution in [0.2, 0.25) is 0 Å². The fourth-order valence-electron chi connectivity index (χ4n) is 1.94. The zero-order valence-electron chi connectivity index (χ0n) is 11.9. The predicted molar refractivity (Wildman–Crippen MR) is 83.6 cm³/mol. The highest BCUT2D eigenvalue weighted by Gasteiger charge is 2.08. The second kappa shape index (κ2) is 6.31.